The van der Waals surface area contributed by atoms with Crippen molar-refractivity contribution in [2.24, 2.45) is 18.9 Å². The van der Waals surface area contributed by atoms with E-state index in [1.54, 1.807) is 17.8 Å². The van der Waals surface area contributed by atoms with Crippen molar-refractivity contribution >= 4 is 34.3 Å². The SMILES string of the molecule is Cn1nc(N2CCC(=O)NC2=O)c2cc(F)c(C3(O)CCN(C[C@@H]4CCCC[C@H]4CN4CCN(c5ccc([C@@H]6c7ccc(O)cc7CC[C@@H]6c6ccccc6)cc5)CC4)CC3)cc21. The van der Waals surface area contributed by atoms with E-state index in [2.05, 4.69) is 85.8 Å². The number of piperidine rings is 1. The zero-order chi connectivity index (χ0) is 43.2. The molecule has 4 aromatic carbocycles. The molecule has 0 spiro atoms. The molecule has 4 heterocycles. The van der Waals surface area contributed by atoms with Crippen molar-refractivity contribution in [3.8, 4) is 5.75 Å². The van der Waals surface area contributed by atoms with Gasteiger partial charge in [0, 0.05) is 94.9 Å². The number of nitrogens with zero attached hydrogens (tertiary/aromatic N) is 6. The van der Waals surface area contributed by atoms with E-state index in [4.69, 9.17) is 0 Å². The molecule has 11 nitrogen and oxygen atoms in total. The first-order valence-corrected chi connectivity index (χ1v) is 23.3. The van der Waals surface area contributed by atoms with E-state index in [0.717, 1.165) is 52.1 Å². The predicted octanol–water partition coefficient (Wildman–Crippen LogP) is 7.64. The van der Waals surface area contributed by atoms with Crippen LogP contribution in [-0.4, -0.2) is 101 Å². The van der Waals surface area contributed by atoms with Gasteiger partial charge in [0.1, 0.15) is 11.6 Å². The molecule has 2 aliphatic carbocycles. The Labute approximate surface area is 369 Å². The molecule has 3 N–H and O–H groups in total. The second kappa shape index (κ2) is 17.3. The number of hydrogen-bond acceptors (Lipinski definition) is 8. The van der Waals surface area contributed by atoms with Gasteiger partial charge < -0.3 is 20.0 Å². The summed E-state index contributed by atoms with van der Waals surface area (Å²) in [6.45, 7) is 7.85. The number of aromatic nitrogens is 2. The van der Waals surface area contributed by atoms with Gasteiger partial charge in [-0.05, 0) is 115 Å². The fourth-order valence-electron chi connectivity index (χ4n) is 11.7. The minimum Gasteiger partial charge on any atom is -0.508 e. The molecule has 10 rings (SSSR count). The number of anilines is 2. The van der Waals surface area contributed by atoms with Crippen LogP contribution in [0, 0.1) is 17.7 Å². The van der Waals surface area contributed by atoms with Crippen LogP contribution in [0.3, 0.4) is 0 Å². The molecule has 0 unspecified atom stereocenters. The highest BCUT2D eigenvalue weighted by Gasteiger charge is 2.39. The Kier molecular flexibility index (Phi) is 11.5. The molecular weight excluding hydrogens is 794 g/mol. The number of urea groups is 1. The predicted molar refractivity (Wildman–Crippen MR) is 244 cm³/mol. The Morgan fingerprint density at radius 2 is 1.48 bits per heavy atom. The van der Waals surface area contributed by atoms with Gasteiger partial charge in [-0.1, -0.05) is 61.4 Å². The van der Waals surface area contributed by atoms with Gasteiger partial charge in [0.15, 0.2) is 5.82 Å². The van der Waals surface area contributed by atoms with Crippen molar-refractivity contribution in [1.29, 1.82) is 0 Å². The monoisotopic (exact) mass is 853 g/mol. The first-order valence-electron chi connectivity index (χ1n) is 23.3. The summed E-state index contributed by atoms with van der Waals surface area (Å²) in [7, 11) is 1.75. The van der Waals surface area contributed by atoms with E-state index in [1.807, 2.05) is 12.1 Å². The molecule has 3 aliphatic heterocycles. The minimum absolute atomic E-state index is 0.151. The Balaban J connectivity index is 0.746. The minimum atomic E-state index is -1.29. The summed E-state index contributed by atoms with van der Waals surface area (Å²) in [6, 6.07) is 28.7. The van der Waals surface area contributed by atoms with Gasteiger partial charge >= 0.3 is 6.03 Å². The number of carbonyl (C=O) groups excluding carboxylic acids is 2. The number of halogens is 1. The number of rotatable bonds is 9. The third kappa shape index (κ3) is 8.33. The van der Waals surface area contributed by atoms with E-state index in [0.29, 0.717) is 66.2 Å². The van der Waals surface area contributed by atoms with Crippen LogP contribution in [0.15, 0.2) is 84.9 Å². The van der Waals surface area contributed by atoms with E-state index in [1.165, 1.54) is 64.6 Å². The zero-order valence-electron chi connectivity index (χ0n) is 36.4. The molecule has 5 aliphatic rings. The Hall–Kier alpha value is -5.30. The molecule has 0 radical (unpaired) electrons. The lowest BCUT2D eigenvalue weighted by atomic mass is 9.69. The van der Waals surface area contributed by atoms with Gasteiger partial charge in [-0.25, -0.2) is 9.18 Å². The number of aryl methyl sites for hydroxylation is 2. The van der Waals surface area contributed by atoms with Crippen LogP contribution in [0.4, 0.5) is 20.7 Å². The molecular formula is C51H60FN7O4. The zero-order valence-corrected chi connectivity index (χ0v) is 36.4. The van der Waals surface area contributed by atoms with Crippen LogP contribution in [-0.2, 0) is 23.9 Å². The smallest absolute Gasteiger partial charge is 0.329 e. The van der Waals surface area contributed by atoms with Crippen molar-refractivity contribution in [3.63, 3.8) is 0 Å². The molecule has 330 valence electrons. The average Bonchev–Trinajstić information content (AvgIpc) is 3.61. The summed E-state index contributed by atoms with van der Waals surface area (Å²) in [5.74, 6) is 1.69. The van der Waals surface area contributed by atoms with Crippen molar-refractivity contribution in [1.82, 2.24) is 24.9 Å². The number of aromatic hydroxyl groups is 1. The summed E-state index contributed by atoms with van der Waals surface area (Å²) in [6.07, 6.45) is 8.10. The van der Waals surface area contributed by atoms with Gasteiger partial charge in [-0.2, -0.15) is 5.10 Å². The molecule has 4 atom stereocenters. The molecule has 3 saturated heterocycles. The number of amides is 3. The van der Waals surface area contributed by atoms with Crippen molar-refractivity contribution in [3.05, 3.63) is 119 Å². The normalized spacial score (nSPS) is 24.7. The van der Waals surface area contributed by atoms with Crippen molar-refractivity contribution < 1.29 is 24.2 Å². The topological polar surface area (TPSA) is 117 Å². The van der Waals surface area contributed by atoms with Gasteiger partial charge in [-0.3, -0.25) is 24.6 Å². The highest BCUT2D eigenvalue weighted by atomic mass is 19.1. The number of nitrogens with one attached hydrogen (secondary N) is 1. The van der Waals surface area contributed by atoms with Crippen LogP contribution >= 0.6 is 0 Å². The van der Waals surface area contributed by atoms with Crippen LogP contribution < -0.4 is 15.1 Å². The molecule has 5 aromatic rings. The maximum Gasteiger partial charge on any atom is 0.329 e. The second-order valence-electron chi connectivity index (χ2n) is 19.0. The maximum atomic E-state index is 15.9. The Morgan fingerprint density at radius 3 is 2.17 bits per heavy atom. The maximum absolute atomic E-state index is 15.9. The lowest BCUT2D eigenvalue weighted by Gasteiger charge is -2.43. The van der Waals surface area contributed by atoms with E-state index in [-0.39, 0.29) is 30.4 Å². The lowest BCUT2D eigenvalue weighted by molar-refractivity contribution is -0.120. The van der Waals surface area contributed by atoms with Gasteiger partial charge in [0.25, 0.3) is 0 Å². The summed E-state index contributed by atoms with van der Waals surface area (Å²) in [4.78, 5) is 33.4. The summed E-state index contributed by atoms with van der Waals surface area (Å²) < 4.78 is 17.6. The third-order valence-corrected chi connectivity index (χ3v) is 15.3. The number of benzene rings is 4. The van der Waals surface area contributed by atoms with E-state index < -0.39 is 17.4 Å². The molecule has 0 bridgehead atoms. The highest BCUT2D eigenvalue weighted by molar-refractivity contribution is 6.08. The van der Waals surface area contributed by atoms with E-state index in [9.17, 15) is 19.8 Å². The van der Waals surface area contributed by atoms with Gasteiger partial charge in [-0.15, -0.1) is 0 Å². The molecule has 63 heavy (non-hydrogen) atoms. The quantitative estimate of drug-likeness (QED) is 0.139. The fourth-order valence-corrected chi connectivity index (χ4v) is 11.7. The van der Waals surface area contributed by atoms with Crippen LogP contribution in [0.25, 0.3) is 10.9 Å². The third-order valence-electron chi connectivity index (χ3n) is 15.3. The van der Waals surface area contributed by atoms with E-state index >= 15 is 4.39 Å². The first-order chi connectivity index (χ1) is 30.6. The van der Waals surface area contributed by atoms with Crippen LogP contribution in [0.1, 0.15) is 91.0 Å². The molecule has 1 saturated carbocycles. The van der Waals surface area contributed by atoms with Crippen LogP contribution in [0.5, 0.6) is 5.75 Å². The Bertz CT molecular complexity index is 2460. The number of phenolic OH excluding ortho intramolecular Hbond substituents is 1. The average molecular weight is 854 g/mol. The van der Waals surface area contributed by atoms with Crippen LogP contribution in [0.2, 0.25) is 0 Å². The number of likely N-dealkylation sites (tertiary alicyclic amines) is 1. The number of piperazine rings is 1. The summed E-state index contributed by atoms with van der Waals surface area (Å²) in [5.41, 5.74) is 6.19. The number of imide groups is 1. The fraction of sp³-hybridized carbons (Fsp3) is 0.471. The molecule has 3 amide bonds. The highest BCUT2D eigenvalue weighted by Crippen LogP contribution is 2.47. The number of hydrogen-bond donors (Lipinski definition) is 3. The second-order valence-corrected chi connectivity index (χ2v) is 19.0. The number of phenols is 1. The largest absolute Gasteiger partial charge is 0.508 e. The summed E-state index contributed by atoms with van der Waals surface area (Å²) >= 11 is 0. The molecule has 1 aromatic heterocycles. The van der Waals surface area contributed by atoms with Crippen molar-refractivity contribution in [2.45, 2.75) is 75.2 Å². The standard InChI is InChI=1S/C51H60FN7O4/c1-55-46-31-44(45(52)30-43(46)49(54-55)59-22-19-47(61)53-50(59)62)51(63)20-23-56(24-21-51)32-37-9-5-6-10-38(37)33-57-25-27-58(28-26-57)39-14-11-35(12-15-39)48-41(34-7-3-2-4-8-34)17-13-36-29-40(60)16-18-42(36)48/h2-4,7-8,11-12,14-16,18,29-31,37-38,41,48,60,63H,5-6,9-10,13,17,19-28,32-33H2,1H3,(H,53,61,62)/t37-,38-,41+,48-/m0/s1. The molecule has 4 fully saturated rings. The van der Waals surface area contributed by atoms with Crippen molar-refractivity contribution in [2.75, 3.05) is 68.7 Å². The first kappa shape index (κ1) is 41.7. The Morgan fingerprint density at radius 1 is 0.778 bits per heavy atom. The number of carbonyl (C=O) groups is 2. The summed E-state index contributed by atoms with van der Waals surface area (Å²) in [5, 5.41) is 29.5. The van der Waals surface area contributed by atoms with Gasteiger partial charge in [0.2, 0.25) is 5.91 Å². The lowest BCUT2D eigenvalue weighted by Crippen LogP contribution is -2.50. The van der Waals surface area contributed by atoms with Gasteiger partial charge in [0.05, 0.1) is 11.1 Å². The molecule has 12 heteroatoms. The number of fused-ring (bicyclic) bond motifs is 2. The number of aliphatic hydroxyl groups is 1.